The Kier molecular flexibility index (Phi) is 5.35. The molecule has 0 aliphatic carbocycles. The topological polar surface area (TPSA) is 107 Å². The van der Waals surface area contributed by atoms with Crippen LogP contribution in [0.2, 0.25) is 0 Å². The quantitative estimate of drug-likeness (QED) is 0.409. The summed E-state index contributed by atoms with van der Waals surface area (Å²) in [4.78, 5) is 29.2. The lowest BCUT2D eigenvalue weighted by Crippen LogP contribution is -2.14. The first-order valence-corrected chi connectivity index (χ1v) is 10.8. The number of aromatic amines is 1. The molecule has 0 atom stereocenters. The van der Waals surface area contributed by atoms with Crippen molar-refractivity contribution in [2.45, 2.75) is 13.0 Å². The molecule has 5 aromatic rings. The first kappa shape index (κ1) is 19.9. The van der Waals surface area contributed by atoms with Crippen LogP contribution >= 0.6 is 11.3 Å². The van der Waals surface area contributed by atoms with Gasteiger partial charge in [0.15, 0.2) is 5.13 Å². The van der Waals surface area contributed by atoms with E-state index in [2.05, 4.69) is 32.1 Å². The Bertz CT molecular complexity index is 1430. The number of nitrogens with two attached hydrogens (primary N) is 1. The molecule has 0 amide bonds. The highest BCUT2D eigenvalue weighted by atomic mass is 32.1. The molecule has 0 aliphatic rings. The number of nitrogens with one attached hydrogen (secondary N) is 1. The highest BCUT2D eigenvalue weighted by Crippen LogP contribution is 2.29. The molecule has 0 saturated heterocycles. The van der Waals surface area contributed by atoms with Gasteiger partial charge in [-0.3, -0.25) is 9.78 Å². The average Bonchev–Trinajstić information content (AvgIpc) is 3.25. The predicted molar refractivity (Wildman–Crippen MR) is 126 cm³/mol. The highest BCUT2D eigenvalue weighted by molar-refractivity contribution is 7.18. The minimum Gasteiger partial charge on any atom is -0.486 e. The van der Waals surface area contributed by atoms with Crippen molar-refractivity contribution < 1.29 is 4.74 Å². The van der Waals surface area contributed by atoms with Crippen molar-refractivity contribution in [3.63, 3.8) is 0 Å². The van der Waals surface area contributed by atoms with Crippen molar-refractivity contribution >= 4 is 27.4 Å². The van der Waals surface area contributed by atoms with Gasteiger partial charge in [-0.05, 0) is 35.7 Å². The van der Waals surface area contributed by atoms with Crippen LogP contribution in [0.4, 0.5) is 5.13 Å². The van der Waals surface area contributed by atoms with Gasteiger partial charge in [-0.25, -0.2) is 9.97 Å². The van der Waals surface area contributed by atoms with E-state index in [4.69, 9.17) is 10.5 Å². The van der Waals surface area contributed by atoms with Gasteiger partial charge in [0, 0.05) is 12.4 Å². The number of nitrogens with zero attached hydrogens (tertiary/aromatic N) is 3. The number of fused-ring (bicyclic) bond motifs is 1. The molecular formula is C24H19N5O2S. The first-order chi connectivity index (χ1) is 15.7. The third-order valence-electron chi connectivity index (χ3n) is 4.98. The second-order valence-corrected chi connectivity index (χ2v) is 8.29. The number of H-pyrrole nitrogens is 1. The third kappa shape index (κ3) is 4.21. The van der Waals surface area contributed by atoms with Gasteiger partial charge in [0.25, 0.3) is 5.56 Å². The van der Waals surface area contributed by atoms with Gasteiger partial charge in [0.2, 0.25) is 0 Å². The predicted octanol–water partition coefficient (Wildman–Crippen LogP) is 4.19. The smallest absolute Gasteiger partial charge is 0.258 e. The Hall–Kier alpha value is -4.04. The Morgan fingerprint density at radius 1 is 0.969 bits per heavy atom. The second-order valence-electron chi connectivity index (χ2n) is 7.23. The van der Waals surface area contributed by atoms with Gasteiger partial charge >= 0.3 is 0 Å². The maximum atomic E-state index is 12.6. The molecule has 0 saturated carbocycles. The molecule has 32 heavy (non-hydrogen) atoms. The van der Waals surface area contributed by atoms with E-state index in [-0.39, 0.29) is 12.2 Å². The van der Waals surface area contributed by atoms with Gasteiger partial charge in [0.1, 0.15) is 29.4 Å². The van der Waals surface area contributed by atoms with Gasteiger partial charge in [-0.2, -0.15) is 0 Å². The molecule has 3 heterocycles. The number of benzene rings is 2. The summed E-state index contributed by atoms with van der Waals surface area (Å²) < 4.78 is 5.87. The molecule has 0 unspecified atom stereocenters. The van der Waals surface area contributed by atoms with Crippen LogP contribution in [0.25, 0.3) is 21.5 Å². The van der Waals surface area contributed by atoms with E-state index in [9.17, 15) is 4.79 Å². The lowest BCUT2D eigenvalue weighted by molar-refractivity contribution is 0.296. The van der Waals surface area contributed by atoms with Crippen LogP contribution in [-0.2, 0) is 13.0 Å². The number of thiazole rings is 1. The van der Waals surface area contributed by atoms with Crippen LogP contribution in [-0.4, -0.2) is 19.9 Å². The maximum absolute atomic E-state index is 12.6. The number of anilines is 1. The number of nitrogen functional groups attached to an aromatic ring is 1. The molecule has 0 aliphatic heterocycles. The van der Waals surface area contributed by atoms with Crippen LogP contribution < -0.4 is 16.0 Å². The summed E-state index contributed by atoms with van der Waals surface area (Å²) >= 11 is 1.30. The summed E-state index contributed by atoms with van der Waals surface area (Å²) in [7, 11) is 0. The largest absolute Gasteiger partial charge is 0.486 e. The Balaban J connectivity index is 1.36. The average molecular weight is 442 g/mol. The van der Waals surface area contributed by atoms with Gasteiger partial charge in [-0.15, -0.1) is 0 Å². The lowest BCUT2D eigenvalue weighted by atomic mass is 10.1. The number of hydrogen-bond acceptors (Lipinski definition) is 7. The second kappa shape index (κ2) is 8.60. The Labute approximate surface area is 187 Å². The number of hydrogen-bond donors (Lipinski definition) is 2. The van der Waals surface area contributed by atoms with Gasteiger partial charge in [-0.1, -0.05) is 53.8 Å². The number of pyridine rings is 1. The summed E-state index contributed by atoms with van der Waals surface area (Å²) in [6.07, 6.45) is 4.08. The third-order valence-corrected chi connectivity index (χ3v) is 5.81. The van der Waals surface area contributed by atoms with Gasteiger partial charge in [0.05, 0.1) is 10.3 Å². The van der Waals surface area contributed by atoms with E-state index in [1.54, 1.807) is 18.5 Å². The summed E-state index contributed by atoms with van der Waals surface area (Å²) in [5.41, 5.74) is 9.04. The van der Waals surface area contributed by atoms with E-state index in [1.165, 1.54) is 22.5 Å². The van der Waals surface area contributed by atoms with E-state index in [0.29, 0.717) is 33.3 Å². The molecule has 3 aromatic heterocycles. The molecule has 5 rings (SSSR count). The summed E-state index contributed by atoms with van der Waals surface area (Å²) in [5.74, 6) is 1.12. The summed E-state index contributed by atoms with van der Waals surface area (Å²) in [5, 5.41) is 0.888. The maximum Gasteiger partial charge on any atom is 0.258 e. The number of aromatic nitrogens is 4. The zero-order chi connectivity index (χ0) is 21.9. The highest BCUT2D eigenvalue weighted by Gasteiger charge is 2.13. The van der Waals surface area contributed by atoms with Crippen molar-refractivity contribution in [2.75, 3.05) is 5.73 Å². The SMILES string of the molecule is Nc1ncc(-c2nccc3c(=O)[nH]c(COc4ccc(Cc5ccccc5)cc4)nc23)s1. The lowest BCUT2D eigenvalue weighted by Gasteiger charge is -2.09. The van der Waals surface area contributed by atoms with Crippen LogP contribution in [0.1, 0.15) is 17.0 Å². The fraction of sp³-hybridized carbons (Fsp3) is 0.0833. The zero-order valence-corrected chi connectivity index (χ0v) is 17.8. The van der Waals surface area contributed by atoms with Crippen molar-refractivity contribution in [1.29, 1.82) is 0 Å². The molecule has 158 valence electrons. The molecule has 0 spiro atoms. The van der Waals surface area contributed by atoms with E-state index < -0.39 is 0 Å². The van der Waals surface area contributed by atoms with Crippen molar-refractivity contribution in [3.05, 3.63) is 100 Å². The number of ether oxygens (including phenoxy) is 1. The molecule has 3 N–H and O–H groups in total. The van der Waals surface area contributed by atoms with Crippen molar-refractivity contribution in [2.24, 2.45) is 0 Å². The first-order valence-electron chi connectivity index (χ1n) is 10.0. The van der Waals surface area contributed by atoms with Crippen LogP contribution in [0.3, 0.4) is 0 Å². The summed E-state index contributed by atoms with van der Waals surface area (Å²) in [6.45, 7) is 0.127. The fourth-order valence-corrected chi connectivity index (χ4v) is 4.13. The normalized spacial score (nSPS) is 11.0. The molecule has 7 nitrogen and oxygen atoms in total. The number of rotatable bonds is 6. The van der Waals surface area contributed by atoms with E-state index in [1.807, 2.05) is 42.5 Å². The standard InChI is InChI=1S/C24H19N5O2S/c25-24-27-13-19(32-24)22-21-18(10-11-26-22)23(30)29-20(28-21)14-31-17-8-6-16(7-9-17)12-15-4-2-1-3-5-15/h1-11,13H,12,14H2,(H2,25,27)(H,28,29,30). The minimum atomic E-state index is -0.243. The van der Waals surface area contributed by atoms with Crippen molar-refractivity contribution in [1.82, 2.24) is 19.9 Å². The summed E-state index contributed by atoms with van der Waals surface area (Å²) in [6, 6.07) is 19.9. The van der Waals surface area contributed by atoms with E-state index in [0.717, 1.165) is 11.3 Å². The minimum absolute atomic E-state index is 0.127. The zero-order valence-electron chi connectivity index (χ0n) is 17.0. The fourth-order valence-electron chi connectivity index (χ4n) is 3.44. The molecular weight excluding hydrogens is 422 g/mol. The van der Waals surface area contributed by atoms with Crippen LogP contribution in [0.5, 0.6) is 5.75 Å². The molecule has 8 heteroatoms. The molecule has 0 fully saturated rings. The monoisotopic (exact) mass is 441 g/mol. The molecule has 0 bridgehead atoms. The molecule has 0 radical (unpaired) electrons. The van der Waals surface area contributed by atoms with Crippen LogP contribution in [0.15, 0.2) is 77.9 Å². The Morgan fingerprint density at radius 3 is 2.50 bits per heavy atom. The van der Waals surface area contributed by atoms with E-state index >= 15 is 0 Å². The van der Waals surface area contributed by atoms with Gasteiger partial charge < -0.3 is 15.5 Å². The van der Waals surface area contributed by atoms with Crippen LogP contribution in [0, 0.1) is 0 Å². The Morgan fingerprint density at radius 2 is 1.75 bits per heavy atom. The molecule has 2 aromatic carbocycles. The van der Waals surface area contributed by atoms with Crippen molar-refractivity contribution in [3.8, 4) is 16.3 Å².